The molecule has 0 aliphatic carbocycles. The number of anilines is 1. The number of thiocarbonyl (C=S) groups is 1. The van der Waals surface area contributed by atoms with Crippen molar-refractivity contribution in [1.82, 2.24) is 4.57 Å². The van der Waals surface area contributed by atoms with Gasteiger partial charge < -0.3 is 4.57 Å². The van der Waals surface area contributed by atoms with Crippen LogP contribution in [0.4, 0.5) is 5.69 Å². The van der Waals surface area contributed by atoms with Crippen molar-refractivity contribution in [2.45, 2.75) is 20.4 Å². The number of carbonyl (C=O) groups excluding carboxylic acids is 1. The number of aromatic nitrogens is 1. The minimum atomic E-state index is -0.0698. The molecule has 1 aliphatic heterocycles. The molecular formula is C31H24N2OS2. The molecule has 6 rings (SSSR count). The smallest absolute Gasteiger partial charge is 0.270 e. The first kappa shape index (κ1) is 22.8. The highest BCUT2D eigenvalue weighted by atomic mass is 32.2. The summed E-state index contributed by atoms with van der Waals surface area (Å²) >= 11 is 6.98. The van der Waals surface area contributed by atoms with Crippen LogP contribution in [0, 0.1) is 13.8 Å². The molecule has 2 heterocycles. The molecule has 0 N–H and O–H groups in total. The molecule has 0 bridgehead atoms. The Morgan fingerprint density at radius 2 is 1.64 bits per heavy atom. The molecule has 0 radical (unpaired) electrons. The summed E-state index contributed by atoms with van der Waals surface area (Å²) in [4.78, 5) is 15.7. The van der Waals surface area contributed by atoms with E-state index in [0.717, 1.165) is 34.3 Å². The maximum Gasteiger partial charge on any atom is 0.270 e. The van der Waals surface area contributed by atoms with Crippen LogP contribution in [0.25, 0.3) is 27.8 Å². The molecule has 5 aromatic rings. The van der Waals surface area contributed by atoms with Gasteiger partial charge in [0, 0.05) is 29.2 Å². The number of rotatable bonds is 4. The second-order valence-electron chi connectivity index (χ2n) is 9.20. The summed E-state index contributed by atoms with van der Waals surface area (Å²) in [5, 5.41) is 3.60. The molecule has 0 unspecified atom stereocenters. The van der Waals surface area contributed by atoms with Crippen LogP contribution in [0.5, 0.6) is 0 Å². The van der Waals surface area contributed by atoms with Gasteiger partial charge in [-0.2, -0.15) is 0 Å². The van der Waals surface area contributed by atoms with Gasteiger partial charge in [-0.15, -0.1) is 0 Å². The fourth-order valence-electron chi connectivity index (χ4n) is 4.75. The lowest BCUT2D eigenvalue weighted by atomic mass is 10.1. The summed E-state index contributed by atoms with van der Waals surface area (Å²) in [6.07, 6.45) is 4.13. The van der Waals surface area contributed by atoms with Crippen molar-refractivity contribution < 1.29 is 4.79 Å². The molecule has 1 saturated heterocycles. The van der Waals surface area contributed by atoms with Gasteiger partial charge in [0.2, 0.25) is 0 Å². The Morgan fingerprint density at radius 3 is 2.47 bits per heavy atom. The topological polar surface area (TPSA) is 25.2 Å². The van der Waals surface area contributed by atoms with E-state index in [1.54, 1.807) is 4.90 Å². The van der Waals surface area contributed by atoms with Crippen molar-refractivity contribution in [1.29, 1.82) is 0 Å². The summed E-state index contributed by atoms with van der Waals surface area (Å²) in [6.45, 7) is 4.87. The van der Waals surface area contributed by atoms with Crippen LogP contribution >= 0.6 is 24.0 Å². The molecule has 4 aromatic carbocycles. The number of para-hydroxylation sites is 1. The van der Waals surface area contributed by atoms with Gasteiger partial charge in [-0.3, -0.25) is 9.69 Å². The van der Waals surface area contributed by atoms with E-state index in [1.807, 2.05) is 30.3 Å². The number of nitrogens with zero attached hydrogens (tertiary/aromatic N) is 2. The molecule has 1 aromatic heterocycles. The molecule has 0 saturated carbocycles. The van der Waals surface area contributed by atoms with Gasteiger partial charge in [0.1, 0.15) is 0 Å². The molecule has 1 amide bonds. The average molecular weight is 505 g/mol. The lowest BCUT2D eigenvalue weighted by Gasteiger charge is -2.15. The van der Waals surface area contributed by atoms with E-state index < -0.39 is 0 Å². The van der Waals surface area contributed by atoms with Crippen molar-refractivity contribution >= 4 is 67.6 Å². The third-order valence-corrected chi connectivity index (χ3v) is 8.12. The van der Waals surface area contributed by atoms with Gasteiger partial charge in [-0.1, -0.05) is 84.6 Å². The lowest BCUT2D eigenvalue weighted by Crippen LogP contribution is -2.27. The number of aryl methyl sites for hydroxylation is 2. The summed E-state index contributed by atoms with van der Waals surface area (Å²) in [6, 6.07) is 29.4. The summed E-state index contributed by atoms with van der Waals surface area (Å²) in [5.74, 6) is -0.0698. The van der Waals surface area contributed by atoms with E-state index in [-0.39, 0.29) is 5.91 Å². The fraction of sp³-hybridized carbons (Fsp3) is 0.0968. The van der Waals surface area contributed by atoms with E-state index in [2.05, 4.69) is 85.3 Å². The number of thioether (sulfide) groups is 1. The van der Waals surface area contributed by atoms with Gasteiger partial charge in [0.25, 0.3) is 5.91 Å². The second-order valence-corrected chi connectivity index (χ2v) is 10.9. The third-order valence-electron chi connectivity index (χ3n) is 6.82. The number of hydrogen-bond acceptors (Lipinski definition) is 3. The van der Waals surface area contributed by atoms with Crippen LogP contribution in [0.15, 0.2) is 96.0 Å². The van der Waals surface area contributed by atoms with Gasteiger partial charge in [0.05, 0.1) is 10.6 Å². The quantitative estimate of drug-likeness (QED) is 0.184. The molecule has 5 heteroatoms. The SMILES string of the molecule is Cc1ccc(N2C(=O)/C(=C/c3cn(Cc4ccc5ccccc5c4)c4ccccc34)SC2=S)cc1C. The Hall–Kier alpha value is -3.67. The van der Waals surface area contributed by atoms with Crippen molar-refractivity contribution in [3.8, 4) is 0 Å². The molecule has 1 fully saturated rings. The van der Waals surface area contributed by atoms with Crippen LogP contribution in [-0.2, 0) is 11.3 Å². The minimum Gasteiger partial charge on any atom is -0.342 e. The zero-order chi connectivity index (χ0) is 24.8. The Bertz CT molecular complexity index is 1710. The van der Waals surface area contributed by atoms with Gasteiger partial charge in [0.15, 0.2) is 4.32 Å². The predicted octanol–water partition coefficient (Wildman–Crippen LogP) is 7.87. The molecule has 0 spiro atoms. The van der Waals surface area contributed by atoms with Crippen molar-refractivity contribution in [3.05, 3.63) is 118 Å². The minimum absolute atomic E-state index is 0.0698. The van der Waals surface area contributed by atoms with Crippen LogP contribution in [0.3, 0.4) is 0 Å². The number of benzene rings is 4. The van der Waals surface area contributed by atoms with Gasteiger partial charge in [-0.05, 0) is 71.7 Å². The fourth-order valence-corrected chi connectivity index (χ4v) is 6.04. The van der Waals surface area contributed by atoms with E-state index >= 15 is 0 Å². The zero-order valence-corrected chi connectivity index (χ0v) is 21.7. The number of amides is 1. The maximum atomic E-state index is 13.4. The Balaban J connectivity index is 1.36. The average Bonchev–Trinajstić information content (AvgIpc) is 3.37. The molecule has 3 nitrogen and oxygen atoms in total. The maximum absolute atomic E-state index is 13.4. The Kier molecular flexibility index (Phi) is 5.75. The van der Waals surface area contributed by atoms with E-state index in [4.69, 9.17) is 12.2 Å². The van der Waals surface area contributed by atoms with E-state index in [0.29, 0.717) is 9.23 Å². The zero-order valence-electron chi connectivity index (χ0n) is 20.1. The molecule has 176 valence electrons. The molecule has 1 aliphatic rings. The molecule has 0 atom stereocenters. The Labute approximate surface area is 220 Å². The summed E-state index contributed by atoms with van der Waals surface area (Å²) in [7, 11) is 0. The largest absolute Gasteiger partial charge is 0.342 e. The molecular weight excluding hydrogens is 480 g/mol. The highest BCUT2D eigenvalue weighted by Crippen LogP contribution is 2.37. The molecule has 36 heavy (non-hydrogen) atoms. The van der Waals surface area contributed by atoms with Gasteiger partial charge >= 0.3 is 0 Å². The van der Waals surface area contributed by atoms with Crippen LogP contribution < -0.4 is 4.90 Å². The normalized spacial score (nSPS) is 15.1. The number of hydrogen-bond donors (Lipinski definition) is 0. The first-order valence-corrected chi connectivity index (χ1v) is 13.1. The number of carbonyl (C=O) groups is 1. The highest BCUT2D eigenvalue weighted by Gasteiger charge is 2.33. The van der Waals surface area contributed by atoms with E-state index in [1.165, 1.54) is 33.7 Å². The third kappa shape index (κ3) is 4.04. The van der Waals surface area contributed by atoms with E-state index in [9.17, 15) is 4.79 Å². The lowest BCUT2D eigenvalue weighted by molar-refractivity contribution is -0.113. The van der Waals surface area contributed by atoms with Crippen molar-refractivity contribution in [2.24, 2.45) is 0 Å². The van der Waals surface area contributed by atoms with Crippen molar-refractivity contribution in [2.75, 3.05) is 4.90 Å². The first-order chi connectivity index (χ1) is 17.5. The van der Waals surface area contributed by atoms with Crippen LogP contribution in [0.2, 0.25) is 0 Å². The van der Waals surface area contributed by atoms with Crippen LogP contribution in [0.1, 0.15) is 22.3 Å². The first-order valence-electron chi connectivity index (χ1n) is 11.9. The summed E-state index contributed by atoms with van der Waals surface area (Å²) < 4.78 is 2.82. The Morgan fingerprint density at radius 1 is 0.861 bits per heavy atom. The van der Waals surface area contributed by atoms with Gasteiger partial charge in [-0.25, -0.2) is 0 Å². The second kappa shape index (κ2) is 9.08. The predicted molar refractivity (Wildman–Crippen MR) is 157 cm³/mol. The standard InChI is InChI=1S/C31H24N2OS2/c1-20-11-14-26(15-21(20)2)33-30(34)29(36-31(33)35)17-25-19-32(28-10-6-5-9-27(25)28)18-22-12-13-23-7-3-4-8-24(23)16-22/h3-17,19H,18H2,1-2H3/b29-17-. The highest BCUT2D eigenvalue weighted by molar-refractivity contribution is 8.27. The van der Waals surface area contributed by atoms with Crippen molar-refractivity contribution in [3.63, 3.8) is 0 Å². The number of fused-ring (bicyclic) bond motifs is 2. The summed E-state index contributed by atoms with van der Waals surface area (Å²) in [5.41, 5.74) is 6.56. The van der Waals surface area contributed by atoms with Crippen LogP contribution in [-0.4, -0.2) is 14.8 Å². The monoisotopic (exact) mass is 504 g/mol.